The maximum absolute atomic E-state index is 3.57. The normalized spacial score (nSPS) is 24.0. The fourth-order valence-electron chi connectivity index (χ4n) is 1.60. The Morgan fingerprint density at radius 1 is 0.833 bits per heavy atom. The van der Waals surface area contributed by atoms with Crippen molar-refractivity contribution < 1.29 is 0 Å². The second-order valence-electron chi connectivity index (χ2n) is 4.16. The molecule has 0 aliphatic heterocycles. The van der Waals surface area contributed by atoms with Crippen molar-refractivity contribution in [2.45, 2.75) is 50.6 Å². The van der Waals surface area contributed by atoms with E-state index in [1.54, 1.807) is 0 Å². The molecule has 2 saturated carbocycles. The van der Waals surface area contributed by atoms with E-state index in [1.807, 2.05) is 0 Å². The van der Waals surface area contributed by atoms with Crippen molar-refractivity contribution in [2.24, 2.45) is 0 Å². The first-order chi connectivity index (χ1) is 5.95. The summed E-state index contributed by atoms with van der Waals surface area (Å²) >= 11 is 0. The van der Waals surface area contributed by atoms with E-state index in [0.29, 0.717) is 0 Å². The number of rotatable bonds is 6. The zero-order valence-electron chi connectivity index (χ0n) is 7.81. The molecule has 0 radical (unpaired) electrons. The predicted octanol–water partition coefficient (Wildman–Crippen LogP) is 1.27. The highest BCUT2D eigenvalue weighted by Gasteiger charge is 2.19. The topological polar surface area (TPSA) is 24.1 Å². The second kappa shape index (κ2) is 4.24. The second-order valence-corrected chi connectivity index (χ2v) is 4.16. The van der Waals surface area contributed by atoms with E-state index in [9.17, 15) is 0 Å². The van der Waals surface area contributed by atoms with Crippen LogP contribution < -0.4 is 10.6 Å². The van der Waals surface area contributed by atoms with Crippen LogP contribution in [0.15, 0.2) is 0 Å². The highest BCUT2D eigenvalue weighted by atomic mass is 15.0. The maximum Gasteiger partial charge on any atom is 0.00682 e. The molecule has 2 aliphatic carbocycles. The van der Waals surface area contributed by atoms with Gasteiger partial charge in [0, 0.05) is 12.1 Å². The van der Waals surface area contributed by atoms with E-state index < -0.39 is 0 Å². The van der Waals surface area contributed by atoms with Crippen molar-refractivity contribution in [3.63, 3.8) is 0 Å². The van der Waals surface area contributed by atoms with Crippen molar-refractivity contribution in [1.29, 1.82) is 0 Å². The Hall–Kier alpha value is -0.0800. The third kappa shape index (κ3) is 2.76. The minimum absolute atomic E-state index is 0.867. The van der Waals surface area contributed by atoms with Gasteiger partial charge in [-0.1, -0.05) is 6.42 Å². The van der Waals surface area contributed by atoms with Gasteiger partial charge < -0.3 is 10.6 Å². The number of nitrogens with one attached hydrogen (secondary N) is 2. The van der Waals surface area contributed by atoms with Gasteiger partial charge in [0.15, 0.2) is 0 Å². The molecule has 70 valence electrons. The van der Waals surface area contributed by atoms with Crippen LogP contribution in [-0.2, 0) is 0 Å². The molecule has 0 bridgehead atoms. The molecule has 2 N–H and O–H groups in total. The lowest BCUT2D eigenvalue weighted by Gasteiger charge is -2.26. The van der Waals surface area contributed by atoms with Gasteiger partial charge in [0.05, 0.1) is 0 Å². The molecule has 2 aliphatic rings. The Labute approximate surface area is 75.1 Å². The van der Waals surface area contributed by atoms with E-state index in [1.165, 1.54) is 51.6 Å². The summed E-state index contributed by atoms with van der Waals surface area (Å²) in [6.45, 7) is 2.43. The van der Waals surface area contributed by atoms with E-state index >= 15 is 0 Å². The molecule has 0 aromatic heterocycles. The van der Waals surface area contributed by atoms with Gasteiger partial charge in [0.25, 0.3) is 0 Å². The summed E-state index contributed by atoms with van der Waals surface area (Å²) in [5, 5.41) is 7.10. The molecule has 0 amide bonds. The zero-order chi connectivity index (χ0) is 8.23. The monoisotopic (exact) mass is 168 g/mol. The van der Waals surface area contributed by atoms with Crippen LogP contribution in [-0.4, -0.2) is 25.2 Å². The number of hydrogen-bond donors (Lipinski definition) is 2. The average Bonchev–Trinajstić information content (AvgIpc) is 2.76. The van der Waals surface area contributed by atoms with Crippen molar-refractivity contribution in [1.82, 2.24) is 10.6 Å². The lowest BCUT2D eigenvalue weighted by atomic mass is 9.93. The fraction of sp³-hybridized carbons (Fsp3) is 1.00. The van der Waals surface area contributed by atoms with Gasteiger partial charge in [-0.05, 0) is 45.2 Å². The van der Waals surface area contributed by atoms with Crippen LogP contribution in [0.25, 0.3) is 0 Å². The molecule has 0 aromatic rings. The Kier molecular flexibility index (Phi) is 3.01. The summed E-state index contributed by atoms with van der Waals surface area (Å²) in [5.74, 6) is 0. The van der Waals surface area contributed by atoms with Gasteiger partial charge in [-0.2, -0.15) is 0 Å². The summed E-state index contributed by atoms with van der Waals surface area (Å²) in [6.07, 6.45) is 8.39. The molecule has 2 heteroatoms. The lowest BCUT2D eigenvalue weighted by Crippen LogP contribution is -2.36. The highest BCUT2D eigenvalue weighted by Crippen LogP contribution is 2.18. The predicted molar refractivity (Wildman–Crippen MR) is 51.3 cm³/mol. The van der Waals surface area contributed by atoms with Crippen LogP contribution in [0.2, 0.25) is 0 Å². The summed E-state index contributed by atoms with van der Waals surface area (Å²) in [5.41, 5.74) is 0. The molecule has 0 unspecified atom stereocenters. The van der Waals surface area contributed by atoms with Crippen LogP contribution in [0.3, 0.4) is 0 Å². The quantitative estimate of drug-likeness (QED) is 0.584. The summed E-state index contributed by atoms with van der Waals surface area (Å²) in [4.78, 5) is 0. The molecular weight excluding hydrogens is 148 g/mol. The van der Waals surface area contributed by atoms with Crippen LogP contribution in [0.1, 0.15) is 38.5 Å². The van der Waals surface area contributed by atoms with Gasteiger partial charge >= 0.3 is 0 Å². The van der Waals surface area contributed by atoms with Crippen molar-refractivity contribution >= 4 is 0 Å². The third-order valence-electron chi connectivity index (χ3n) is 2.90. The Morgan fingerprint density at radius 3 is 1.83 bits per heavy atom. The lowest BCUT2D eigenvalue weighted by molar-refractivity contribution is 0.338. The first-order valence-corrected chi connectivity index (χ1v) is 5.42. The Bertz CT molecular complexity index is 128. The SMILES string of the molecule is C(CNC1CCC1)CNC1CC1. The third-order valence-corrected chi connectivity index (χ3v) is 2.90. The Balaban J connectivity index is 1.35. The average molecular weight is 168 g/mol. The molecule has 0 heterocycles. The molecule has 2 nitrogen and oxygen atoms in total. The zero-order valence-corrected chi connectivity index (χ0v) is 7.81. The van der Waals surface area contributed by atoms with Crippen molar-refractivity contribution in [2.75, 3.05) is 13.1 Å². The number of hydrogen-bond acceptors (Lipinski definition) is 2. The standard InChI is InChI=1S/C10H20N2/c1-3-9(4-1)11-7-2-8-12-10-5-6-10/h9-12H,1-8H2. The summed E-state index contributed by atoms with van der Waals surface area (Å²) in [7, 11) is 0. The molecule has 2 rings (SSSR count). The van der Waals surface area contributed by atoms with Gasteiger partial charge in [-0.15, -0.1) is 0 Å². The van der Waals surface area contributed by atoms with E-state index in [2.05, 4.69) is 10.6 Å². The largest absolute Gasteiger partial charge is 0.314 e. The smallest absolute Gasteiger partial charge is 0.00682 e. The van der Waals surface area contributed by atoms with E-state index in [0.717, 1.165) is 12.1 Å². The molecule has 0 aromatic carbocycles. The molecule has 0 atom stereocenters. The van der Waals surface area contributed by atoms with Gasteiger partial charge in [0.2, 0.25) is 0 Å². The minimum Gasteiger partial charge on any atom is -0.314 e. The fourth-order valence-corrected chi connectivity index (χ4v) is 1.60. The van der Waals surface area contributed by atoms with Gasteiger partial charge in [-0.25, -0.2) is 0 Å². The van der Waals surface area contributed by atoms with Crippen LogP contribution >= 0.6 is 0 Å². The highest BCUT2D eigenvalue weighted by molar-refractivity contribution is 4.81. The van der Waals surface area contributed by atoms with E-state index in [-0.39, 0.29) is 0 Å². The van der Waals surface area contributed by atoms with Crippen molar-refractivity contribution in [3.05, 3.63) is 0 Å². The molecular formula is C10H20N2. The summed E-state index contributed by atoms with van der Waals surface area (Å²) in [6, 6.07) is 1.75. The van der Waals surface area contributed by atoms with Crippen LogP contribution in [0, 0.1) is 0 Å². The molecule has 12 heavy (non-hydrogen) atoms. The first kappa shape index (κ1) is 8.52. The van der Waals surface area contributed by atoms with E-state index in [4.69, 9.17) is 0 Å². The van der Waals surface area contributed by atoms with Crippen LogP contribution in [0.4, 0.5) is 0 Å². The van der Waals surface area contributed by atoms with Gasteiger partial charge in [-0.3, -0.25) is 0 Å². The van der Waals surface area contributed by atoms with Crippen LogP contribution in [0.5, 0.6) is 0 Å². The Morgan fingerprint density at radius 2 is 1.42 bits per heavy atom. The summed E-state index contributed by atoms with van der Waals surface area (Å²) < 4.78 is 0. The van der Waals surface area contributed by atoms with Gasteiger partial charge in [0.1, 0.15) is 0 Å². The molecule has 0 spiro atoms. The molecule has 0 saturated heterocycles. The minimum atomic E-state index is 0.867. The van der Waals surface area contributed by atoms with Crippen molar-refractivity contribution in [3.8, 4) is 0 Å². The first-order valence-electron chi connectivity index (χ1n) is 5.42. The molecule has 2 fully saturated rings. The maximum atomic E-state index is 3.57.